The van der Waals surface area contributed by atoms with Crippen molar-refractivity contribution in [3.63, 3.8) is 0 Å². The Labute approximate surface area is 123 Å². The lowest BCUT2D eigenvalue weighted by Crippen LogP contribution is -2.23. The summed E-state index contributed by atoms with van der Waals surface area (Å²) in [5.74, 6) is 1.15. The van der Waals surface area contributed by atoms with Crippen LogP contribution in [-0.2, 0) is 18.3 Å². The molecule has 2 nitrogen and oxygen atoms in total. The number of aliphatic imine (C=N–C) groups is 1. The summed E-state index contributed by atoms with van der Waals surface area (Å²) < 4.78 is 0. The lowest BCUT2D eigenvalue weighted by atomic mass is 9.78. The third kappa shape index (κ3) is 2.89. The van der Waals surface area contributed by atoms with E-state index in [9.17, 15) is 0 Å². The highest BCUT2D eigenvalue weighted by molar-refractivity contribution is 5.86. The van der Waals surface area contributed by atoms with Crippen molar-refractivity contribution in [2.75, 3.05) is 13.1 Å². The first-order valence-corrected chi connectivity index (χ1v) is 7.74. The van der Waals surface area contributed by atoms with Crippen LogP contribution in [0.25, 0.3) is 0 Å². The van der Waals surface area contributed by atoms with Crippen LogP contribution < -0.4 is 5.32 Å². The van der Waals surface area contributed by atoms with Gasteiger partial charge in [-0.2, -0.15) is 0 Å². The first-order valence-electron chi connectivity index (χ1n) is 7.74. The van der Waals surface area contributed by atoms with Gasteiger partial charge in [-0.05, 0) is 53.5 Å². The number of amidine groups is 1. The van der Waals surface area contributed by atoms with E-state index < -0.39 is 0 Å². The summed E-state index contributed by atoms with van der Waals surface area (Å²) in [6, 6.07) is 2.40. The normalized spacial score (nSPS) is 15.2. The van der Waals surface area contributed by atoms with Crippen LogP contribution in [-0.4, -0.2) is 18.9 Å². The summed E-state index contributed by atoms with van der Waals surface area (Å²) in [4.78, 5) is 4.55. The molecule has 0 saturated carbocycles. The van der Waals surface area contributed by atoms with Gasteiger partial charge in [0.1, 0.15) is 5.84 Å². The molecule has 0 fully saturated rings. The monoisotopic (exact) mass is 272 g/mol. The Morgan fingerprint density at radius 1 is 1.20 bits per heavy atom. The zero-order valence-corrected chi connectivity index (χ0v) is 13.9. The number of rotatable bonds is 3. The van der Waals surface area contributed by atoms with E-state index >= 15 is 0 Å². The second kappa shape index (κ2) is 5.59. The molecule has 1 aromatic carbocycles. The second-order valence-electron chi connectivity index (χ2n) is 6.86. The van der Waals surface area contributed by atoms with Gasteiger partial charge in [-0.3, -0.25) is 4.99 Å². The van der Waals surface area contributed by atoms with Crippen LogP contribution in [0.15, 0.2) is 11.1 Å². The van der Waals surface area contributed by atoms with Gasteiger partial charge >= 0.3 is 0 Å². The van der Waals surface area contributed by atoms with Crippen molar-refractivity contribution in [2.45, 2.75) is 59.8 Å². The lowest BCUT2D eigenvalue weighted by Gasteiger charge is -2.27. The molecule has 2 heteroatoms. The molecule has 1 aromatic rings. The number of hydrogen-bond acceptors (Lipinski definition) is 2. The maximum Gasteiger partial charge on any atom is 0.101 e. The third-order valence-corrected chi connectivity index (χ3v) is 4.32. The highest BCUT2D eigenvalue weighted by Gasteiger charge is 2.22. The summed E-state index contributed by atoms with van der Waals surface area (Å²) in [6.45, 7) is 15.6. The fourth-order valence-corrected chi connectivity index (χ4v) is 3.20. The van der Waals surface area contributed by atoms with E-state index in [1.54, 1.807) is 0 Å². The maximum atomic E-state index is 4.55. The molecule has 1 aliphatic rings. The molecule has 0 spiro atoms. The molecule has 110 valence electrons. The third-order valence-electron chi connectivity index (χ3n) is 4.32. The Hall–Kier alpha value is -1.31. The quantitative estimate of drug-likeness (QED) is 0.891. The molecule has 0 aromatic heterocycles. The highest BCUT2D eigenvalue weighted by atomic mass is 15.1. The van der Waals surface area contributed by atoms with Gasteiger partial charge in [0.15, 0.2) is 0 Å². The fraction of sp³-hybridized carbons (Fsp3) is 0.611. The van der Waals surface area contributed by atoms with Crippen LogP contribution >= 0.6 is 0 Å². The molecule has 0 saturated heterocycles. The van der Waals surface area contributed by atoms with E-state index in [1.807, 2.05) is 0 Å². The van der Waals surface area contributed by atoms with Gasteiger partial charge in [-0.1, -0.05) is 33.8 Å². The molecule has 0 radical (unpaired) electrons. The van der Waals surface area contributed by atoms with Gasteiger partial charge < -0.3 is 5.32 Å². The number of nitrogens with zero attached hydrogens (tertiary/aromatic N) is 1. The zero-order chi connectivity index (χ0) is 14.9. The summed E-state index contributed by atoms with van der Waals surface area (Å²) in [5, 5.41) is 3.39. The Morgan fingerprint density at radius 2 is 1.90 bits per heavy atom. The topological polar surface area (TPSA) is 24.4 Å². The van der Waals surface area contributed by atoms with Gasteiger partial charge in [-0.15, -0.1) is 0 Å². The van der Waals surface area contributed by atoms with Crippen LogP contribution in [0.4, 0.5) is 0 Å². The molecule has 1 aliphatic heterocycles. The van der Waals surface area contributed by atoms with E-state index in [0.717, 1.165) is 31.8 Å². The number of hydrogen-bond donors (Lipinski definition) is 1. The van der Waals surface area contributed by atoms with Crippen molar-refractivity contribution in [3.05, 3.63) is 33.9 Å². The molecular weight excluding hydrogens is 244 g/mol. The smallest absolute Gasteiger partial charge is 0.101 e. The number of aryl methyl sites for hydroxylation is 1. The Bertz CT molecular complexity index is 533. The Morgan fingerprint density at radius 3 is 2.40 bits per heavy atom. The maximum absolute atomic E-state index is 4.55. The number of nitrogens with one attached hydrogen (secondary N) is 1. The van der Waals surface area contributed by atoms with E-state index in [-0.39, 0.29) is 5.41 Å². The molecular formula is C18H28N2. The zero-order valence-electron chi connectivity index (χ0n) is 13.9. The number of benzene rings is 1. The van der Waals surface area contributed by atoms with Crippen molar-refractivity contribution in [3.8, 4) is 0 Å². The van der Waals surface area contributed by atoms with Crippen molar-refractivity contribution >= 4 is 5.84 Å². The van der Waals surface area contributed by atoms with E-state index in [2.05, 4.69) is 57.9 Å². The molecule has 0 atom stereocenters. The largest absolute Gasteiger partial charge is 0.372 e. The first kappa shape index (κ1) is 15.1. The van der Waals surface area contributed by atoms with Gasteiger partial charge in [-0.25, -0.2) is 0 Å². The molecule has 0 unspecified atom stereocenters. The molecule has 2 rings (SSSR count). The minimum atomic E-state index is 0.211. The van der Waals surface area contributed by atoms with Crippen molar-refractivity contribution in [1.29, 1.82) is 0 Å². The van der Waals surface area contributed by atoms with E-state index in [0.29, 0.717) is 0 Å². The highest BCUT2D eigenvalue weighted by Crippen LogP contribution is 2.32. The average Bonchev–Trinajstić information content (AvgIpc) is 2.85. The lowest BCUT2D eigenvalue weighted by molar-refractivity contribution is 0.581. The SMILES string of the molecule is CCc1c(C(C)(C)C)cc(C)c(CC2=NCCN2)c1C. The van der Waals surface area contributed by atoms with Crippen molar-refractivity contribution in [2.24, 2.45) is 4.99 Å². The van der Waals surface area contributed by atoms with Gasteiger partial charge in [0.2, 0.25) is 0 Å². The molecule has 20 heavy (non-hydrogen) atoms. The minimum absolute atomic E-state index is 0.211. The average molecular weight is 272 g/mol. The molecule has 0 amide bonds. The standard InChI is InChI=1S/C18H28N2/c1-7-14-13(3)15(11-17-19-8-9-20-17)12(2)10-16(14)18(4,5)6/h10H,7-9,11H2,1-6H3,(H,19,20). The van der Waals surface area contributed by atoms with Crippen LogP contribution in [0.3, 0.4) is 0 Å². The fourth-order valence-electron chi connectivity index (χ4n) is 3.20. The summed E-state index contributed by atoms with van der Waals surface area (Å²) in [5.41, 5.74) is 7.57. The predicted molar refractivity (Wildman–Crippen MR) is 88.0 cm³/mol. The van der Waals surface area contributed by atoms with Crippen LogP contribution in [0.5, 0.6) is 0 Å². The summed E-state index contributed by atoms with van der Waals surface area (Å²) in [6.07, 6.45) is 2.06. The summed E-state index contributed by atoms with van der Waals surface area (Å²) >= 11 is 0. The van der Waals surface area contributed by atoms with Crippen LogP contribution in [0.2, 0.25) is 0 Å². The molecule has 1 N–H and O–H groups in total. The van der Waals surface area contributed by atoms with Gasteiger partial charge in [0.25, 0.3) is 0 Å². The van der Waals surface area contributed by atoms with E-state index in [4.69, 9.17) is 0 Å². The predicted octanol–water partition coefficient (Wildman–Crippen LogP) is 3.71. The molecule has 0 aliphatic carbocycles. The minimum Gasteiger partial charge on any atom is -0.372 e. The van der Waals surface area contributed by atoms with Crippen molar-refractivity contribution < 1.29 is 0 Å². The van der Waals surface area contributed by atoms with Gasteiger partial charge in [0.05, 0.1) is 6.54 Å². The van der Waals surface area contributed by atoms with Crippen LogP contribution in [0, 0.1) is 13.8 Å². The second-order valence-corrected chi connectivity index (χ2v) is 6.86. The van der Waals surface area contributed by atoms with Crippen LogP contribution in [0.1, 0.15) is 55.5 Å². The van der Waals surface area contributed by atoms with Crippen molar-refractivity contribution in [1.82, 2.24) is 5.32 Å². The first-order chi connectivity index (χ1) is 9.34. The summed E-state index contributed by atoms with van der Waals surface area (Å²) in [7, 11) is 0. The van der Waals surface area contributed by atoms with E-state index in [1.165, 1.54) is 27.8 Å². The molecule has 1 heterocycles. The Kier molecular flexibility index (Phi) is 4.22. The van der Waals surface area contributed by atoms with Gasteiger partial charge in [0, 0.05) is 13.0 Å². The Balaban J connectivity index is 2.48. The molecule has 0 bridgehead atoms.